The smallest absolute Gasteiger partial charge is 0.303 e. The molecule has 5 nitrogen and oxygen atoms in total. The van der Waals surface area contributed by atoms with Gasteiger partial charge in [0.1, 0.15) is 24.7 Å². The second-order valence-corrected chi connectivity index (χ2v) is 11.9. The molecule has 1 aromatic carbocycles. The number of carbonyl (C=O) groups is 1. The number of hydrogen-bond donors (Lipinski definition) is 0. The topological polar surface area (TPSA) is 57.6 Å². The molecular formula is C19H25NO4Si. The van der Waals surface area contributed by atoms with E-state index in [9.17, 15) is 4.79 Å². The molecule has 25 heavy (non-hydrogen) atoms. The highest BCUT2D eigenvalue weighted by atomic mass is 28.3. The first-order valence-electron chi connectivity index (χ1n) is 8.18. The lowest BCUT2D eigenvalue weighted by Crippen LogP contribution is -2.39. The van der Waals surface area contributed by atoms with Crippen LogP contribution in [0.15, 0.2) is 36.5 Å². The molecule has 0 radical (unpaired) electrons. The Bertz CT molecular complexity index is 723. The van der Waals surface area contributed by atoms with E-state index in [4.69, 9.17) is 14.2 Å². The molecule has 0 saturated heterocycles. The Morgan fingerprint density at radius 1 is 1.12 bits per heavy atom. The summed E-state index contributed by atoms with van der Waals surface area (Å²) in [4.78, 5) is 15.4. The predicted octanol–water partition coefficient (Wildman–Crippen LogP) is 3.28. The quantitative estimate of drug-likeness (QED) is 0.561. The van der Waals surface area contributed by atoms with Crippen LogP contribution in [0.1, 0.15) is 18.2 Å². The Labute approximate surface area is 150 Å². The number of aromatic nitrogens is 1. The van der Waals surface area contributed by atoms with E-state index in [0.29, 0.717) is 6.61 Å². The predicted molar refractivity (Wildman–Crippen MR) is 100 cm³/mol. The summed E-state index contributed by atoms with van der Waals surface area (Å²) in [6.07, 6.45) is 1.73. The minimum atomic E-state index is -1.64. The molecule has 6 heteroatoms. The molecule has 0 unspecified atom stereocenters. The van der Waals surface area contributed by atoms with Crippen LogP contribution in [0.3, 0.4) is 0 Å². The van der Waals surface area contributed by atoms with Gasteiger partial charge in [0.2, 0.25) is 0 Å². The van der Waals surface area contributed by atoms with E-state index in [0.717, 1.165) is 27.9 Å². The average Bonchev–Trinajstić information content (AvgIpc) is 2.58. The Morgan fingerprint density at radius 3 is 2.36 bits per heavy atom. The zero-order valence-corrected chi connectivity index (χ0v) is 16.5. The number of rotatable bonds is 7. The number of methoxy groups -OCH3 is 1. The average molecular weight is 359 g/mol. The van der Waals surface area contributed by atoms with E-state index >= 15 is 0 Å². The molecule has 1 aromatic heterocycles. The highest BCUT2D eigenvalue weighted by Gasteiger charge is 2.22. The number of esters is 1. The lowest BCUT2D eigenvalue weighted by Gasteiger charge is -2.21. The van der Waals surface area contributed by atoms with Gasteiger partial charge in [0.15, 0.2) is 0 Å². The summed E-state index contributed by atoms with van der Waals surface area (Å²) in [5.74, 6) is 1.31. The van der Waals surface area contributed by atoms with Gasteiger partial charge >= 0.3 is 5.97 Å². The summed E-state index contributed by atoms with van der Waals surface area (Å²) in [5, 5.41) is 1.16. The van der Waals surface area contributed by atoms with Crippen molar-refractivity contribution in [1.29, 1.82) is 0 Å². The van der Waals surface area contributed by atoms with Gasteiger partial charge in [-0.25, -0.2) is 0 Å². The van der Waals surface area contributed by atoms with Gasteiger partial charge in [-0.05, 0) is 28.9 Å². The maximum atomic E-state index is 11.0. The molecule has 2 rings (SSSR count). The van der Waals surface area contributed by atoms with E-state index in [2.05, 4.69) is 24.6 Å². The van der Waals surface area contributed by atoms with Crippen LogP contribution < -0.4 is 14.7 Å². The minimum Gasteiger partial charge on any atom is -0.497 e. The van der Waals surface area contributed by atoms with E-state index < -0.39 is 8.07 Å². The highest BCUT2D eigenvalue weighted by molar-refractivity contribution is 6.89. The number of carbonyl (C=O) groups excluding carboxylic acids is 1. The molecule has 0 aliphatic rings. The monoisotopic (exact) mass is 359 g/mol. The number of ether oxygens (including phenoxy) is 3. The Kier molecular flexibility index (Phi) is 6.20. The van der Waals surface area contributed by atoms with Crippen molar-refractivity contribution in [2.24, 2.45) is 0 Å². The van der Waals surface area contributed by atoms with Crippen molar-refractivity contribution in [1.82, 2.24) is 4.98 Å². The molecule has 0 N–H and O–H groups in total. The van der Waals surface area contributed by atoms with Crippen molar-refractivity contribution in [3.05, 3.63) is 47.8 Å². The molecule has 0 atom stereocenters. The molecule has 0 amide bonds. The summed E-state index contributed by atoms with van der Waals surface area (Å²) in [7, 11) is 0.00373. The Balaban J connectivity index is 2.16. The van der Waals surface area contributed by atoms with Crippen molar-refractivity contribution in [3.8, 4) is 11.5 Å². The Morgan fingerprint density at radius 2 is 1.80 bits per heavy atom. The first kappa shape index (κ1) is 19.0. The Hall–Kier alpha value is -2.34. The fourth-order valence-corrected chi connectivity index (χ4v) is 3.80. The van der Waals surface area contributed by atoms with Crippen LogP contribution in [0.5, 0.6) is 11.5 Å². The molecule has 0 spiro atoms. The van der Waals surface area contributed by atoms with E-state index in [1.54, 1.807) is 13.3 Å². The van der Waals surface area contributed by atoms with Crippen molar-refractivity contribution >= 4 is 19.2 Å². The summed E-state index contributed by atoms with van der Waals surface area (Å²) >= 11 is 0. The van der Waals surface area contributed by atoms with Crippen LogP contribution >= 0.6 is 0 Å². The van der Waals surface area contributed by atoms with Crippen LogP contribution in [0.2, 0.25) is 19.6 Å². The molecule has 0 fully saturated rings. The van der Waals surface area contributed by atoms with E-state index in [1.807, 2.05) is 30.3 Å². The second-order valence-electron chi connectivity index (χ2n) is 6.84. The maximum Gasteiger partial charge on any atom is 0.303 e. The van der Waals surface area contributed by atoms with Gasteiger partial charge in [-0.2, -0.15) is 0 Å². The van der Waals surface area contributed by atoms with Gasteiger partial charge in [0.25, 0.3) is 0 Å². The summed E-state index contributed by atoms with van der Waals surface area (Å²) in [6.45, 7) is 8.79. The van der Waals surface area contributed by atoms with Gasteiger partial charge < -0.3 is 14.2 Å². The molecule has 2 aromatic rings. The largest absolute Gasteiger partial charge is 0.497 e. The molecule has 0 aliphatic heterocycles. The number of hydrogen-bond acceptors (Lipinski definition) is 5. The maximum absolute atomic E-state index is 11.0. The molecule has 0 saturated carbocycles. The highest BCUT2D eigenvalue weighted by Crippen LogP contribution is 2.18. The van der Waals surface area contributed by atoms with Crippen molar-refractivity contribution in [2.75, 3.05) is 7.11 Å². The van der Waals surface area contributed by atoms with E-state index in [1.165, 1.54) is 6.92 Å². The summed E-state index contributed by atoms with van der Waals surface area (Å²) in [6, 6.07) is 9.79. The van der Waals surface area contributed by atoms with Gasteiger partial charge in [-0.3, -0.25) is 9.78 Å². The standard InChI is InChI=1S/C19H25NO4Si/c1-14(21)23-13-16-10-19(25(3,4)5)18(11-20-16)24-12-15-6-8-17(22-2)9-7-15/h6-11H,12-13H2,1-5H3. The molecule has 0 aliphatic carbocycles. The van der Waals surface area contributed by atoms with Crippen LogP contribution in [0.4, 0.5) is 0 Å². The molecule has 134 valence electrons. The number of benzene rings is 1. The third-order valence-electron chi connectivity index (χ3n) is 3.71. The third-order valence-corrected chi connectivity index (χ3v) is 5.72. The zero-order valence-electron chi connectivity index (χ0n) is 15.5. The van der Waals surface area contributed by atoms with Crippen molar-refractivity contribution in [3.63, 3.8) is 0 Å². The van der Waals surface area contributed by atoms with Gasteiger partial charge in [0, 0.05) is 6.92 Å². The van der Waals surface area contributed by atoms with Crippen LogP contribution in [-0.2, 0) is 22.7 Å². The van der Waals surface area contributed by atoms with Gasteiger partial charge in [-0.15, -0.1) is 0 Å². The van der Waals surface area contributed by atoms with E-state index in [-0.39, 0.29) is 12.6 Å². The van der Waals surface area contributed by atoms with Gasteiger partial charge in [0.05, 0.1) is 27.1 Å². The normalized spacial score (nSPS) is 11.1. The second kappa shape index (κ2) is 8.16. The first-order valence-corrected chi connectivity index (χ1v) is 11.7. The summed E-state index contributed by atoms with van der Waals surface area (Å²) < 4.78 is 16.2. The fraction of sp³-hybridized carbons (Fsp3) is 0.368. The van der Waals surface area contributed by atoms with Crippen molar-refractivity contribution in [2.45, 2.75) is 39.8 Å². The van der Waals surface area contributed by atoms with Crippen LogP contribution in [0.25, 0.3) is 0 Å². The lowest BCUT2D eigenvalue weighted by atomic mass is 10.2. The molecule has 1 heterocycles. The van der Waals surface area contributed by atoms with Gasteiger partial charge in [-0.1, -0.05) is 31.8 Å². The molecular weight excluding hydrogens is 334 g/mol. The van der Waals surface area contributed by atoms with Crippen LogP contribution in [-0.4, -0.2) is 26.1 Å². The SMILES string of the molecule is COc1ccc(COc2cnc(COC(C)=O)cc2[Si](C)(C)C)cc1. The summed E-state index contributed by atoms with van der Waals surface area (Å²) in [5.41, 5.74) is 1.80. The minimum absolute atomic E-state index is 0.186. The number of nitrogens with zero attached hydrogens (tertiary/aromatic N) is 1. The number of pyridine rings is 1. The zero-order chi connectivity index (χ0) is 18.4. The lowest BCUT2D eigenvalue weighted by molar-refractivity contribution is -0.142. The van der Waals surface area contributed by atoms with Crippen LogP contribution in [0, 0.1) is 0 Å². The molecule has 0 bridgehead atoms. The third kappa shape index (κ3) is 5.60. The fourth-order valence-electron chi connectivity index (χ4n) is 2.32. The first-order chi connectivity index (χ1) is 11.8. The van der Waals surface area contributed by atoms with Crippen molar-refractivity contribution < 1.29 is 19.0 Å².